The summed E-state index contributed by atoms with van der Waals surface area (Å²) in [4.78, 5) is 4.26. The Kier molecular flexibility index (Phi) is 6.44. The lowest BCUT2D eigenvalue weighted by molar-refractivity contribution is 0.108. The van der Waals surface area contributed by atoms with Crippen LogP contribution in [0.25, 0.3) is 0 Å². The third-order valence-corrected chi connectivity index (χ3v) is 3.06. The molecule has 0 bridgehead atoms. The van der Waals surface area contributed by atoms with Crippen molar-refractivity contribution in [2.24, 2.45) is 5.92 Å². The van der Waals surface area contributed by atoms with Crippen molar-refractivity contribution in [2.75, 3.05) is 13.2 Å². The molecule has 1 N–H and O–H groups in total. The lowest BCUT2D eigenvalue weighted by Gasteiger charge is -2.04. The van der Waals surface area contributed by atoms with Crippen LogP contribution in [0.15, 0.2) is 41.1 Å². The number of nitrogens with zero attached hydrogens (tertiary/aromatic N) is 1. The minimum absolute atomic E-state index is 0.511. The Labute approximate surface area is 126 Å². The summed E-state index contributed by atoms with van der Waals surface area (Å²) in [6.07, 6.45) is 4.42. The molecule has 0 aromatic carbocycles. The van der Waals surface area contributed by atoms with Gasteiger partial charge in [0, 0.05) is 30.4 Å². The summed E-state index contributed by atoms with van der Waals surface area (Å²) in [6, 6.07) is 7.97. The molecule has 0 aliphatic heterocycles. The van der Waals surface area contributed by atoms with Crippen LogP contribution in [0.4, 0.5) is 0 Å². The molecule has 0 aliphatic carbocycles. The number of pyridine rings is 1. The van der Waals surface area contributed by atoms with E-state index in [-0.39, 0.29) is 0 Å². The summed E-state index contributed by atoms with van der Waals surface area (Å²) in [5.41, 5.74) is 2.22. The number of ether oxygens (including phenoxy) is 1. The zero-order valence-corrected chi connectivity index (χ0v) is 12.8. The van der Waals surface area contributed by atoms with Crippen molar-refractivity contribution in [1.82, 2.24) is 10.3 Å². The smallest absolute Gasteiger partial charge is 0.129 e. The van der Waals surface area contributed by atoms with Gasteiger partial charge in [-0.05, 0) is 30.7 Å². The van der Waals surface area contributed by atoms with Crippen LogP contribution < -0.4 is 5.32 Å². The standard InChI is InChI=1S/C17H24N2O2/c1-14(2)10-18-11-15-9-17(21-12-15)13-20-8-6-16-5-3-4-7-19-16/h3-5,7,9,12,14,18H,6,8,10-11,13H2,1-2H3. The second kappa shape index (κ2) is 8.60. The molecule has 4 heteroatoms. The van der Waals surface area contributed by atoms with E-state index in [1.54, 1.807) is 12.5 Å². The molecule has 0 radical (unpaired) electrons. The first-order chi connectivity index (χ1) is 10.2. The molecular formula is C17H24N2O2. The molecule has 0 saturated carbocycles. The minimum Gasteiger partial charge on any atom is -0.467 e. The van der Waals surface area contributed by atoms with E-state index in [2.05, 4.69) is 24.1 Å². The first kappa shape index (κ1) is 15.7. The quantitative estimate of drug-likeness (QED) is 0.720. The second-order valence-corrected chi connectivity index (χ2v) is 5.57. The van der Waals surface area contributed by atoms with Gasteiger partial charge in [0.25, 0.3) is 0 Å². The Hall–Kier alpha value is -1.65. The molecule has 0 atom stereocenters. The van der Waals surface area contributed by atoms with E-state index < -0.39 is 0 Å². The second-order valence-electron chi connectivity index (χ2n) is 5.57. The van der Waals surface area contributed by atoms with Crippen LogP contribution in [0.2, 0.25) is 0 Å². The molecule has 4 nitrogen and oxygen atoms in total. The van der Waals surface area contributed by atoms with Gasteiger partial charge in [-0.3, -0.25) is 4.98 Å². The number of nitrogens with one attached hydrogen (secondary N) is 1. The molecule has 2 aromatic heterocycles. The van der Waals surface area contributed by atoms with E-state index in [4.69, 9.17) is 9.15 Å². The van der Waals surface area contributed by atoms with E-state index in [1.807, 2.05) is 24.3 Å². The Balaban J connectivity index is 1.63. The Morgan fingerprint density at radius 2 is 2.24 bits per heavy atom. The number of furan rings is 1. The molecule has 114 valence electrons. The van der Waals surface area contributed by atoms with Gasteiger partial charge in [-0.15, -0.1) is 0 Å². The summed E-state index contributed by atoms with van der Waals surface area (Å²) in [5.74, 6) is 1.53. The summed E-state index contributed by atoms with van der Waals surface area (Å²) in [7, 11) is 0. The molecule has 0 aliphatic rings. The number of hydrogen-bond acceptors (Lipinski definition) is 4. The van der Waals surface area contributed by atoms with Crippen LogP contribution >= 0.6 is 0 Å². The topological polar surface area (TPSA) is 47.3 Å². The molecule has 2 rings (SSSR count). The summed E-state index contributed by atoms with van der Waals surface area (Å²) < 4.78 is 11.1. The molecule has 0 saturated heterocycles. The van der Waals surface area contributed by atoms with E-state index in [0.29, 0.717) is 19.1 Å². The largest absolute Gasteiger partial charge is 0.467 e. The maximum absolute atomic E-state index is 5.63. The highest BCUT2D eigenvalue weighted by molar-refractivity contribution is 5.12. The Morgan fingerprint density at radius 3 is 3.00 bits per heavy atom. The van der Waals surface area contributed by atoms with Crippen LogP contribution in [0.3, 0.4) is 0 Å². The van der Waals surface area contributed by atoms with Crippen molar-refractivity contribution in [3.8, 4) is 0 Å². The maximum atomic E-state index is 5.63. The molecular weight excluding hydrogens is 264 g/mol. The van der Waals surface area contributed by atoms with Gasteiger partial charge >= 0.3 is 0 Å². The van der Waals surface area contributed by atoms with Gasteiger partial charge in [0.15, 0.2) is 0 Å². The van der Waals surface area contributed by atoms with Crippen molar-refractivity contribution in [2.45, 2.75) is 33.4 Å². The van der Waals surface area contributed by atoms with Gasteiger partial charge in [-0.25, -0.2) is 0 Å². The summed E-state index contributed by atoms with van der Waals surface area (Å²) in [5, 5.41) is 3.39. The summed E-state index contributed by atoms with van der Waals surface area (Å²) >= 11 is 0. The van der Waals surface area contributed by atoms with E-state index >= 15 is 0 Å². The molecule has 0 fully saturated rings. The van der Waals surface area contributed by atoms with Crippen molar-refractivity contribution in [1.29, 1.82) is 0 Å². The first-order valence-corrected chi connectivity index (χ1v) is 7.48. The SMILES string of the molecule is CC(C)CNCc1coc(COCCc2ccccn2)c1. The zero-order chi connectivity index (χ0) is 14.9. The van der Waals surface area contributed by atoms with Gasteiger partial charge in [-0.1, -0.05) is 19.9 Å². The van der Waals surface area contributed by atoms with Gasteiger partial charge in [-0.2, -0.15) is 0 Å². The fraction of sp³-hybridized carbons (Fsp3) is 0.471. The number of hydrogen-bond donors (Lipinski definition) is 1. The average molecular weight is 288 g/mol. The predicted octanol–water partition coefficient (Wildman–Crippen LogP) is 3.18. The predicted molar refractivity (Wildman–Crippen MR) is 82.8 cm³/mol. The van der Waals surface area contributed by atoms with Crippen LogP contribution in [-0.4, -0.2) is 18.1 Å². The molecule has 2 heterocycles. The third kappa shape index (κ3) is 6.10. The first-order valence-electron chi connectivity index (χ1n) is 7.48. The van der Waals surface area contributed by atoms with Crippen LogP contribution in [0, 0.1) is 5.92 Å². The van der Waals surface area contributed by atoms with E-state index in [0.717, 1.165) is 31.0 Å². The van der Waals surface area contributed by atoms with Crippen LogP contribution in [0.5, 0.6) is 0 Å². The maximum Gasteiger partial charge on any atom is 0.129 e. The third-order valence-electron chi connectivity index (χ3n) is 3.06. The van der Waals surface area contributed by atoms with Crippen molar-refractivity contribution in [3.63, 3.8) is 0 Å². The lowest BCUT2D eigenvalue weighted by Crippen LogP contribution is -2.18. The molecule has 2 aromatic rings. The van der Waals surface area contributed by atoms with Gasteiger partial charge in [0.1, 0.15) is 12.4 Å². The van der Waals surface area contributed by atoms with E-state index in [9.17, 15) is 0 Å². The highest BCUT2D eigenvalue weighted by Gasteiger charge is 2.03. The van der Waals surface area contributed by atoms with Crippen LogP contribution in [0.1, 0.15) is 30.9 Å². The normalized spacial score (nSPS) is 11.2. The minimum atomic E-state index is 0.511. The van der Waals surface area contributed by atoms with Crippen LogP contribution in [-0.2, 0) is 24.3 Å². The zero-order valence-electron chi connectivity index (χ0n) is 12.8. The Bertz CT molecular complexity index is 509. The highest BCUT2D eigenvalue weighted by atomic mass is 16.5. The molecule has 21 heavy (non-hydrogen) atoms. The van der Waals surface area contributed by atoms with Crippen molar-refractivity contribution in [3.05, 3.63) is 53.7 Å². The van der Waals surface area contributed by atoms with Crippen molar-refractivity contribution < 1.29 is 9.15 Å². The van der Waals surface area contributed by atoms with Gasteiger partial charge < -0.3 is 14.5 Å². The monoisotopic (exact) mass is 288 g/mol. The fourth-order valence-corrected chi connectivity index (χ4v) is 2.00. The van der Waals surface area contributed by atoms with Gasteiger partial charge in [0.2, 0.25) is 0 Å². The van der Waals surface area contributed by atoms with Crippen molar-refractivity contribution >= 4 is 0 Å². The van der Waals surface area contributed by atoms with E-state index in [1.165, 1.54) is 5.56 Å². The molecule has 0 unspecified atom stereocenters. The molecule has 0 spiro atoms. The average Bonchev–Trinajstić information content (AvgIpc) is 2.92. The highest BCUT2D eigenvalue weighted by Crippen LogP contribution is 2.09. The fourth-order valence-electron chi connectivity index (χ4n) is 2.00. The number of aromatic nitrogens is 1. The molecule has 0 amide bonds. The summed E-state index contributed by atoms with van der Waals surface area (Å²) in [6.45, 7) is 7.42. The lowest BCUT2D eigenvalue weighted by atomic mass is 10.2. The number of rotatable bonds is 9. The Morgan fingerprint density at radius 1 is 1.33 bits per heavy atom. The van der Waals surface area contributed by atoms with Gasteiger partial charge in [0.05, 0.1) is 12.9 Å².